The van der Waals surface area contributed by atoms with Crippen molar-refractivity contribution in [2.75, 3.05) is 0 Å². The molecule has 112 valence electrons. The number of aryl methyl sites for hydroxylation is 1. The van der Waals surface area contributed by atoms with Gasteiger partial charge in [-0.05, 0) is 24.1 Å². The zero-order valence-corrected chi connectivity index (χ0v) is 12.3. The number of nitrogens with zero attached hydrogens (tertiary/aromatic N) is 4. The second kappa shape index (κ2) is 5.48. The molecule has 0 saturated heterocycles. The van der Waals surface area contributed by atoms with E-state index in [4.69, 9.17) is 0 Å². The van der Waals surface area contributed by atoms with E-state index >= 15 is 0 Å². The van der Waals surface area contributed by atoms with Crippen LogP contribution in [0.4, 0.5) is 0 Å². The van der Waals surface area contributed by atoms with Gasteiger partial charge in [0.05, 0.1) is 6.54 Å². The van der Waals surface area contributed by atoms with Crippen molar-refractivity contribution in [1.82, 2.24) is 18.7 Å². The lowest BCUT2D eigenvalue weighted by molar-refractivity contribution is 0.673. The summed E-state index contributed by atoms with van der Waals surface area (Å²) in [7, 11) is 0. The first-order chi connectivity index (χ1) is 10.7. The van der Waals surface area contributed by atoms with Crippen molar-refractivity contribution in [3.05, 3.63) is 75.7 Å². The van der Waals surface area contributed by atoms with Gasteiger partial charge in [0, 0.05) is 18.1 Å². The van der Waals surface area contributed by atoms with Gasteiger partial charge in [-0.15, -0.1) is 11.7 Å². The van der Waals surface area contributed by atoms with Crippen LogP contribution in [-0.2, 0) is 13.0 Å². The number of allylic oxidation sites excluding steroid dienone is 1. The Morgan fingerprint density at radius 1 is 1.27 bits per heavy atom. The van der Waals surface area contributed by atoms with Crippen molar-refractivity contribution in [1.29, 1.82) is 0 Å². The van der Waals surface area contributed by atoms with Crippen LogP contribution in [0.5, 0.6) is 0 Å². The molecule has 0 radical (unpaired) electrons. The van der Waals surface area contributed by atoms with Crippen LogP contribution in [0.25, 0.3) is 11.3 Å². The van der Waals surface area contributed by atoms with E-state index in [-0.39, 0.29) is 23.4 Å². The Hall–Kier alpha value is -2.89. The highest BCUT2D eigenvalue weighted by molar-refractivity contribution is 5.41. The molecule has 0 N–H and O–H groups in total. The van der Waals surface area contributed by atoms with Gasteiger partial charge in [-0.1, -0.05) is 25.1 Å². The Balaban J connectivity index is 2.24. The second-order valence-corrected chi connectivity index (χ2v) is 4.94. The molecule has 3 rings (SSSR count). The van der Waals surface area contributed by atoms with Crippen molar-refractivity contribution >= 4 is 5.65 Å². The Morgan fingerprint density at radius 2 is 2.09 bits per heavy atom. The molecule has 2 heterocycles. The van der Waals surface area contributed by atoms with Crippen LogP contribution >= 0.6 is 0 Å². The number of aromatic nitrogens is 4. The molecule has 22 heavy (non-hydrogen) atoms. The van der Waals surface area contributed by atoms with Crippen LogP contribution < -0.4 is 11.2 Å². The third-order valence-corrected chi connectivity index (χ3v) is 3.54. The summed E-state index contributed by atoms with van der Waals surface area (Å²) >= 11 is 0. The van der Waals surface area contributed by atoms with E-state index in [2.05, 4.69) is 18.6 Å². The number of hydrogen-bond donors (Lipinski definition) is 0. The van der Waals surface area contributed by atoms with Crippen LogP contribution in [-0.4, -0.2) is 18.7 Å². The average molecular weight is 296 g/mol. The van der Waals surface area contributed by atoms with Gasteiger partial charge in [0.25, 0.3) is 0 Å². The fourth-order valence-corrected chi connectivity index (χ4v) is 2.38. The summed E-state index contributed by atoms with van der Waals surface area (Å²) in [4.78, 5) is 24.7. The van der Waals surface area contributed by atoms with Crippen LogP contribution in [0.15, 0.2) is 58.9 Å². The summed E-state index contributed by atoms with van der Waals surface area (Å²) in [6.07, 6.45) is 5.60. The van der Waals surface area contributed by atoms with Gasteiger partial charge in [-0.2, -0.15) is 0 Å². The lowest BCUT2D eigenvalue weighted by Gasteiger charge is -2.06. The smallest absolute Gasteiger partial charge is 0.280 e. The van der Waals surface area contributed by atoms with Gasteiger partial charge in [-0.3, -0.25) is 9.36 Å². The van der Waals surface area contributed by atoms with Crippen molar-refractivity contribution in [3.8, 4) is 5.69 Å². The highest BCUT2D eigenvalue weighted by Gasteiger charge is 2.12. The maximum atomic E-state index is 12.6. The molecular formula is C16H16N4O2. The molecule has 0 aliphatic rings. The molecule has 0 saturated carbocycles. The quantitative estimate of drug-likeness (QED) is 0.684. The van der Waals surface area contributed by atoms with Crippen LogP contribution in [0.2, 0.25) is 0 Å². The van der Waals surface area contributed by atoms with E-state index in [1.165, 1.54) is 13.6 Å². The Labute approximate surface area is 126 Å². The fraction of sp³-hybridized carbons (Fsp3) is 0.188. The van der Waals surface area contributed by atoms with Gasteiger partial charge in [0.15, 0.2) is 0 Å². The molecule has 0 unspecified atom stereocenters. The number of rotatable bonds is 4. The van der Waals surface area contributed by atoms with E-state index in [0.29, 0.717) is 0 Å². The van der Waals surface area contributed by atoms with Gasteiger partial charge < -0.3 is 0 Å². The lowest BCUT2D eigenvalue weighted by Crippen LogP contribution is -2.24. The molecule has 0 aliphatic heterocycles. The Kier molecular flexibility index (Phi) is 3.50. The number of benzene rings is 1. The van der Waals surface area contributed by atoms with E-state index in [9.17, 15) is 9.59 Å². The van der Waals surface area contributed by atoms with Crippen LogP contribution in [0.1, 0.15) is 12.5 Å². The Morgan fingerprint density at radius 3 is 2.82 bits per heavy atom. The number of fused-ring (bicyclic) bond motifs is 1. The first-order valence-corrected chi connectivity index (χ1v) is 7.06. The summed E-state index contributed by atoms with van der Waals surface area (Å²) in [5.41, 5.74) is 1.34. The minimum Gasteiger partial charge on any atom is -0.280 e. The van der Waals surface area contributed by atoms with Crippen molar-refractivity contribution in [2.24, 2.45) is 0 Å². The summed E-state index contributed by atoms with van der Waals surface area (Å²) in [6, 6.07) is 7.73. The fourth-order valence-electron chi connectivity index (χ4n) is 2.38. The first kappa shape index (κ1) is 14.1. The van der Waals surface area contributed by atoms with Crippen LogP contribution in [0.3, 0.4) is 0 Å². The standard InChI is InChI=1S/C16H16N4O2/c1-3-8-20-16(22)19-10-9-18(15(21)14(19)17-20)13-7-5-6-12(4-2)11-13/h3,5-7,9-11H,1,4,8H2,2H3. The molecule has 2 aromatic heterocycles. The SMILES string of the molecule is C=CCn1nc2c(=O)n(-c3cccc(CC)c3)ccn2c1=O. The normalized spacial score (nSPS) is 11.0. The molecule has 0 fully saturated rings. The number of hydrogen-bond acceptors (Lipinski definition) is 3. The molecule has 0 spiro atoms. The molecule has 0 bridgehead atoms. The second-order valence-electron chi connectivity index (χ2n) is 4.94. The van der Waals surface area contributed by atoms with Crippen molar-refractivity contribution < 1.29 is 0 Å². The van der Waals surface area contributed by atoms with Gasteiger partial charge >= 0.3 is 11.2 Å². The lowest BCUT2D eigenvalue weighted by atomic mass is 10.1. The zero-order valence-electron chi connectivity index (χ0n) is 12.3. The predicted octanol–water partition coefficient (Wildman–Crippen LogP) is 1.40. The van der Waals surface area contributed by atoms with E-state index in [1.807, 2.05) is 24.3 Å². The monoisotopic (exact) mass is 296 g/mol. The maximum Gasteiger partial charge on any atom is 0.350 e. The minimum absolute atomic E-state index is 0.108. The third-order valence-electron chi connectivity index (χ3n) is 3.54. The molecule has 0 aliphatic carbocycles. The average Bonchev–Trinajstić information content (AvgIpc) is 2.86. The Bertz CT molecular complexity index is 962. The molecular weight excluding hydrogens is 280 g/mol. The van der Waals surface area contributed by atoms with Crippen molar-refractivity contribution in [2.45, 2.75) is 19.9 Å². The summed E-state index contributed by atoms with van der Waals surface area (Å²) < 4.78 is 3.97. The first-order valence-electron chi connectivity index (χ1n) is 7.06. The van der Waals surface area contributed by atoms with E-state index in [0.717, 1.165) is 17.7 Å². The highest BCUT2D eigenvalue weighted by Crippen LogP contribution is 2.09. The molecule has 6 heteroatoms. The minimum atomic E-state index is -0.346. The highest BCUT2D eigenvalue weighted by atomic mass is 16.2. The summed E-state index contributed by atoms with van der Waals surface area (Å²) in [6.45, 7) is 5.91. The van der Waals surface area contributed by atoms with Crippen molar-refractivity contribution in [3.63, 3.8) is 0 Å². The maximum absolute atomic E-state index is 12.6. The van der Waals surface area contributed by atoms with Gasteiger partial charge in [0.2, 0.25) is 5.65 Å². The molecule has 6 nitrogen and oxygen atoms in total. The molecule has 3 aromatic rings. The van der Waals surface area contributed by atoms with Crippen LogP contribution in [0, 0.1) is 0 Å². The van der Waals surface area contributed by atoms with E-state index in [1.54, 1.807) is 18.5 Å². The largest absolute Gasteiger partial charge is 0.350 e. The molecule has 0 amide bonds. The molecule has 0 atom stereocenters. The third kappa shape index (κ3) is 2.18. The van der Waals surface area contributed by atoms with E-state index < -0.39 is 0 Å². The zero-order chi connectivity index (χ0) is 15.7. The van der Waals surface area contributed by atoms with Gasteiger partial charge in [-0.25, -0.2) is 13.9 Å². The molecule has 1 aromatic carbocycles. The summed E-state index contributed by atoms with van der Waals surface area (Å²) in [5.74, 6) is 0. The summed E-state index contributed by atoms with van der Waals surface area (Å²) in [5, 5.41) is 4.09. The topological polar surface area (TPSA) is 61.3 Å². The van der Waals surface area contributed by atoms with Gasteiger partial charge in [0.1, 0.15) is 0 Å². The predicted molar refractivity (Wildman–Crippen MR) is 84.6 cm³/mol.